The van der Waals surface area contributed by atoms with Crippen LogP contribution in [-0.4, -0.2) is 37.0 Å². The Morgan fingerprint density at radius 1 is 1.29 bits per heavy atom. The summed E-state index contributed by atoms with van der Waals surface area (Å²) in [6.45, 7) is 6.15. The summed E-state index contributed by atoms with van der Waals surface area (Å²) in [5.41, 5.74) is 0. The third kappa shape index (κ3) is 2.08. The molecule has 2 saturated heterocycles. The Hall–Kier alpha value is -0.570. The summed E-state index contributed by atoms with van der Waals surface area (Å²) in [5.74, 6) is 1.46. The predicted molar refractivity (Wildman–Crippen MR) is 56.0 cm³/mol. The van der Waals surface area contributed by atoms with Gasteiger partial charge in [-0.2, -0.15) is 0 Å². The molecule has 2 aliphatic rings. The zero-order chi connectivity index (χ0) is 9.97. The van der Waals surface area contributed by atoms with E-state index in [1.54, 1.807) is 0 Å². The van der Waals surface area contributed by atoms with E-state index in [4.69, 9.17) is 0 Å². The van der Waals surface area contributed by atoms with E-state index < -0.39 is 0 Å². The molecule has 3 heteroatoms. The standard InChI is InChI=1S/C11H20N2O/c1-9-3-6-13(7-4-9)11(14)10-2-5-12-8-10/h9-10,12H,2-8H2,1H3. The van der Waals surface area contributed by atoms with Crippen molar-refractivity contribution in [3.8, 4) is 0 Å². The Kier molecular flexibility index (Phi) is 3.06. The summed E-state index contributed by atoms with van der Waals surface area (Å²) < 4.78 is 0. The molecule has 2 rings (SSSR count). The van der Waals surface area contributed by atoms with Crippen LogP contribution in [0, 0.1) is 11.8 Å². The molecule has 0 saturated carbocycles. The average molecular weight is 196 g/mol. The summed E-state index contributed by atoms with van der Waals surface area (Å²) in [5, 5.41) is 3.25. The molecule has 1 amide bonds. The largest absolute Gasteiger partial charge is 0.342 e. The summed E-state index contributed by atoms with van der Waals surface area (Å²) in [4.78, 5) is 14.1. The predicted octanol–water partition coefficient (Wildman–Crippen LogP) is 0.854. The van der Waals surface area contributed by atoms with E-state index in [1.165, 1.54) is 12.8 Å². The van der Waals surface area contributed by atoms with E-state index in [0.29, 0.717) is 5.91 Å². The lowest BCUT2D eigenvalue weighted by Gasteiger charge is -2.32. The van der Waals surface area contributed by atoms with Crippen LogP contribution in [0.3, 0.4) is 0 Å². The summed E-state index contributed by atoms with van der Waals surface area (Å²) >= 11 is 0. The van der Waals surface area contributed by atoms with Crippen molar-refractivity contribution < 1.29 is 4.79 Å². The number of nitrogens with zero attached hydrogens (tertiary/aromatic N) is 1. The SMILES string of the molecule is CC1CCN(C(=O)C2CCNC2)CC1. The first-order chi connectivity index (χ1) is 6.77. The molecule has 1 unspecified atom stereocenters. The number of piperidine rings is 1. The van der Waals surface area contributed by atoms with Crippen LogP contribution in [0.2, 0.25) is 0 Å². The number of carbonyl (C=O) groups is 1. The van der Waals surface area contributed by atoms with E-state index in [-0.39, 0.29) is 5.92 Å². The normalized spacial score (nSPS) is 29.5. The minimum absolute atomic E-state index is 0.267. The second-order valence-electron chi connectivity index (χ2n) is 4.70. The van der Waals surface area contributed by atoms with Crippen LogP contribution in [0.4, 0.5) is 0 Å². The van der Waals surface area contributed by atoms with E-state index >= 15 is 0 Å². The smallest absolute Gasteiger partial charge is 0.227 e. The fourth-order valence-electron chi connectivity index (χ4n) is 2.35. The van der Waals surface area contributed by atoms with Gasteiger partial charge in [0, 0.05) is 19.6 Å². The molecule has 0 radical (unpaired) electrons. The molecule has 0 aromatic carbocycles. The van der Waals surface area contributed by atoms with Crippen molar-refractivity contribution in [2.75, 3.05) is 26.2 Å². The molecular weight excluding hydrogens is 176 g/mol. The monoisotopic (exact) mass is 196 g/mol. The van der Waals surface area contributed by atoms with Gasteiger partial charge in [-0.1, -0.05) is 6.92 Å². The van der Waals surface area contributed by atoms with Gasteiger partial charge in [-0.15, -0.1) is 0 Å². The Bertz CT molecular complexity index is 203. The zero-order valence-electron chi connectivity index (χ0n) is 8.96. The quantitative estimate of drug-likeness (QED) is 0.674. The number of hydrogen-bond donors (Lipinski definition) is 1. The molecule has 0 bridgehead atoms. The zero-order valence-corrected chi connectivity index (χ0v) is 8.96. The van der Waals surface area contributed by atoms with E-state index in [1.807, 2.05) is 0 Å². The number of nitrogens with one attached hydrogen (secondary N) is 1. The van der Waals surface area contributed by atoms with Crippen LogP contribution < -0.4 is 5.32 Å². The molecule has 3 nitrogen and oxygen atoms in total. The van der Waals surface area contributed by atoms with Gasteiger partial charge in [-0.3, -0.25) is 4.79 Å². The fourth-order valence-corrected chi connectivity index (χ4v) is 2.35. The van der Waals surface area contributed by atoms with Gasteiger partial charge in [-0.05, 0) is 31.7 Å². The van der Waals surface area contributed by atoms with Gasteiger partial charge in [0.25, 0.3) is 0 Å². The highest BCUT2D eigenvalue weighted by atomic mass is 16.2. The first kappa shape index (κ1) is 9.97. The van der Waals surface area contributed by atoms with E-state index in [0.717, 1.165) is 38.5 Å². The van der Waals surface area contributed by atoms with Gasteiger partial charge in [0.2, 0.25) is 5.91 Å². The molecule has 1 N–H and O–H groups in total. The van der Waals surface area contributed by atoms with Crippen LogP contribution in [0.15, 0.2) is 0 Å². The topological polar surface area (TPSA) is 32.3 Å². The number of hydrogen-bond acceptors (Lipinski definition) is 2. The number of likely N-dealkylation sites (tertiary alicyclic amines) is 1. The van der Waals surface area contributed by atoms with Crippen molar-refractivity contribution in [3.05, 3.63) is 0 Å². The van der Waals surface area contributed by atoms with E-state index in [9.17, 15) is 4.79 Å². The van der Waals surface area contributed by atoms with Gasteiger partial charge < -0.3 is 10.2 Å². The minimum atomic E-state index is 0.267. The Balaban J connectivity index is 1.85. The van der Waals surface area contributed by atoms with Crippen LogP contribution in [0.25, 0.3) is 0 Å². The van der Waals surface area contributed by atoms with Gasteiger partial charge in [0.1, 0.15) is 0 Å². The van der Waals surface area contributed by atoms with Gasteiger partial charge >= 0.3 is 0 Å². The highest BCUT2D eigenvalue weighted by molar-refractivity contribution is 5.79. The first-order valence-electron chi connectivity index (χ1n) is 5.77. The summed E-state index contributed by atoms with van der Waals surface area (Å²) in [7, 11) is 0. The van der Waals surface area contributed by atoms with Crippen molar-refractivity contribution in [1.82, 2.24) is 10.2 Å². The van der Waals surface area contributed by atoms with Crippen molar-refractivity contribution in [2.24, 2.45) is 11.8 Å². The van der Waals surface area contributed by atoms with Crippen LogP contribution in [0.5, 0.6) is 0 Å². The first-order valence-corrected chi connectivity index (χ1v) is 5.77. The molecule has 2 fully saturated rings. The molecule has 1 atom stereocenters. The lowest BCUT2D eigenvalue weighted by molar-refractivity contribution is -0.136. The molecule has 0 aromatic rings. The Morgan fingerprint density at radius 3 is 2.57 bits per heavy atom. The minimum Gasteiger partial charge on any atom is -0.342 e. The molecule has 14 heavy (non-hydrogen) atoms. The fraction of sp³-hybridized carbons (Fsp3) is 0.909. The van der Waals surface area contributed by atoms with Gasteiger partial charge in [-0.25, -0.2) is 0 Å². The van der Waals surface area contributed by atoms with Crippen molar-refractivity contribution >= 4 is 5.91 Å². The van der Waals surface area contributed by atoms with Gasteiger partial charge in [0.15, 0.2) is 0 Å². The molecule has 2 aliphatic heterocycles. The third-order valence-electron chi connectivity index (χ3n) is 3.50. The van der Waals surface area contributed by atoms with Crippen LogP contribution >= 0.6 is 0 Å². The second-order valence-corrected chi connectivity index (χ2v) is 4.70. The highest BCUT2D eigenvalue weighted by Gasteiger charge is 2.28. The summed E-state index contributed by atoms with van der Waals surface area (Å²) in [6.07, 6.45) is 3.41. The Labute approximate surface area is 85.8 Å². The Morgan fingerprint density at radius 2 is 2.00 bits per heavy atom. The second kappa shape index (κ2) is 4.30. The van der Waals surface area contributed by atoms with Crippen molar-refractivity contribution in [2.45, 2.75) is 26.2 Å². The maximum Gasteiger partial charge on any atom is 0.227 e. The highest BCUT2D eigenvalue weighted by Crippen LogP contribution is 2.19. The van der Waals surface area contributed by atoms with Crippen molar-refractivity contribution in [3.63, 3.8) is 0 Å². The average Bonchev–Trinajstić information content (AvgIpc) is 2.71. The third-order valence-corrected chi connectivity index (χ3v) is 3.50. The molecular formula is C11H20N2O. The molecule has 0 aliphatic carbocycles. The number of rotatable bonds is 1. The molecule has 80 valence electrons. The lowest BCUT2D eigenvalue weighted by atomic mass is 9.97. The number of amides is 1. The van der Waals surface area contributed by atoms with Gasteiger partial charge in [0.05, 0.1) is 5.92 Å². The molecule has 0 spiro atoms. The summed E-state index contributed by atoms with van der Waals surface area (Å²) in [6, 6.07) is 0. The maximum absolute atomic E-state index is 12.0. The molecule has 0 aromatic heterocycles. The maximum atomic E-state index is 12.0. The van der Waals surface area contributed by atoms with E-state index in [2.05, 4.69) is 17.1 Å². The van der Waals surface area contributed by atoms with Crippen LogP contribution in [0.1, 0.15) is 26.2 Å². The van der Waals surface area contributed by atoms with Crippen LogP contribution in [-0.2, 0) is 4.79 Å². The lowest BCUT2D eigenvalue weighted by Crippen LogP contribution is -2.41. The molecule has 2 heterocycles. The number of carbonyl (C=O) groups excluding carboxylic acids is 1. The van der Waals surface area contributed by atoms with Crippen molar-refractivity contribution in [1.29, 1.82) is 0 Å².